The van der Waals surface area contributed by atoms with Gasteiger partial charge in [-0.2, -0.15) is 0 Å². The van der Waals surface area contributed by atoms with Crippen molar-refractivity contribution in [3.05, 3.63) is 24.3 Å². The highest BCUT2D eigenvalue weighted by molar-refractivity contribution is 5.81. The Morgan fingerprint density at radius 2 is 2.21 bits per heavy atom. The highest BCUT2D eigenvalue weighted by Crippen LogP contribution is 2.32. The van der Waals surface area contributed by atoms with E-state index in [0.717, 1.165) is 30.8 Å². The summed E-state index contributed by atoms with van der Waals surface area (Å²) in [5.41, 5.74) is 0.986. The maximum absolute atomic E-state index is 12.1. The summed E-state index contributed by atoms with van der Waals surface area (Å²) in [5.74, 6) is 0.699. The molecule has 0 saturated carbocycles. The molecule has 0 amide bonds. The van der Waals surface area contributed by atoms with Gasteiger partial charge in [0.25, 0.3) is 0 Å². The van der Waals surface area contributed by atoms with Crippen LogP contribution in [-0.2, 0) is 9.53 Å². The number of ether oxygens (including phenoxy) is 2. The van der Waals surface area contributed by atoms with Crippen LogP contribution in [0.5, 0.6) is 5.75 Å². The molecule has 0 aromatic heterocycles. The van der Waals surface area contributed by atoms with Gasteiger partial charge in [0.2, 0.25) is 0 Å². The molecule has 19 heavy (non-hydrogen) atoms. The van der Waals surface area contributed by atoms with Gasteiger partial charge >= 0.3 is 5.97 Å². The maximum Gasteiger partial charge on any atom is 0.328 e. The third kappa shape index (κ3) is 3.00. The van der Waals surface area contributed by atoms with E-state index in [-0.39, 0.29) is 12.0 Å². The number of hydrogen-bond donors (Lipinski definition) is 0. The summed E-state index contributed by atoms with van der Waals surface area (Å²) in [4.78, 5) is 14.2. The molecule has 0 N–H and O–H groups in total. The van der Waals surface area contributed by atoms with Crippen LogP contribution in [0.1, 0.15) is 26.7 Å². The molecular weight excluding hydrogens is 242 g/mol. The summed E-state index contributed by atoms with van der Waals surface area (Å²) >= 11 is 0. The van der Waals surface area contributed by atoms with Gasteiger partial charge in [0, 0.05) is 6.54 Å². The van der Waals surface area contributed by atoms with Gasteiger partial charge in [-0.05, 0) is 31.9 Å². The summed E-state index contributed by atoms with van der Waals surface area (Å²) in [7, 11) is 0. The van der Waals surface area contributed by atoms with Gasteiger partial charge in [0.1, 0.15) is 11.8 Å². The zero-order chi connectivity index (χ0) is 13.7. The van der Waals surface area contributed by atoms with Gasteiger partial charge in [0.15, 0.2) is 0 Å². The standard InChI is InChI=1S/C15H21NO3/c1-3-12(15(17)18-4-2)16-10-7-11-19-14-9-6-5-8-13(14)16/h5-6,8-9,12H,3-4,7,10-11H2,1-2H3. The molecule has 1 heterocycles. The molecule has 4 heteroatoms. The van der Waals surface area contributed by atoms with Crippen molar-refractivity contribution in [2.24, 2.45) is 0 Å². The minimum absolute atomic E-state index is 0.151. The maximum atomic E-state index is 12.1. The molecule has 4 nitrogen and oxygen atoms in total. The van der Waals surface area contributed by atoms with Crippen molar-refractivity contribution in [2.75, 3.05) is 24.7 Å². The molecule has 104 valence electrons. The van der Waals surface area contributed by atoms with Crippen molar-refractivity contribution in [2.45, 2.75) is 32.7 Å². The number of nitrogens with zero attached hydrogens (tertiary/aromatic N) is 1. The van der Waals surface area contributed by atoms with Gasteiger partial charge in [-0.3, -0.25) is 0 Å². The molecule has 1 aromatic carbocycles. The number of anilines is 1. The van der Waals surface area contributed by atoms with Gasteiger partial charge in [0.05, 0.1) is 18.9 Å². The second-order valence-corrected chi connectivity index (χ2v) is 4.54. The first kappa shape index (κ1) is 13.7. The molecule has 1 atom stereocenters. The minimum Gasteiger partial charge on any atom is -0.491 e. The van der Waals surface area contributed by atoms with Crippen LogP contribution in [0.15, 0.2) is 24.3 Å². The van der Waals surface area contributed by atoms with Gasteiger partial charge in [-0.25, -0.2) is 4.79 Å². The fourth-order valence-electron chi connectivity index (χ4n) is 2.43. The molecule has 0 spiro atoms. The van der Waals surface area contributed by atoms with Crippen molar-refractivity contribution < 1.29 is 14.3 Å². The number of esters is 1. The molecule has 1 aliphatic heterocycles. The Morgan fingerprint density at radius 1 is 1.42 bits per heavy atom. The van der Waals surface area contributed by atoms with E-state index in [2.05, 4.69) is 4.90 Å². The zero-order valence-corrected chi connectivity index (χ0v) is 11.6. The van der Waals surface area contributed by atoms with E-state index < -0.39 is 0 Å². The molecule has 1 unspecified atom stereocenters. The Hall–Kier alpha value is -1.71. The van der Waals surface area contributed by atoms with Crippen molar-refractivity contribution in [3.8, 4) is 5.75 Å². The lowest BCUT2D eigenvalue weighted by molar-refractivity contribution is -0.144. The molecule has 0 aliphatic carbocycles. The van der Waals surface area contributed by atoms with Crippen molar-refractivity contribution in [3.63, 3.8) is 0 Å². The van der Waals surface area contributed by atoms with E-state index in [4.69, 9.17) is 9.47 Å². The normalized spacial score (nSPS) is 16.0. The van der Waals surface area contributed by atoms with Crippen LogP contribution in [0.25, 0.3) is 0 Å². The number of rotatable bonds is 4. The summed E-state index contributed by atoms with van der Waals surface area (Å²) in [6.07, 6.45) is 1.64. The average Bonchev–Trinajstić information content (AvgIpc) is 2.63. The monoisotopic (exact) mass is 263 g/mol. The summed E-state index contributed by atoms with van der Waals surface area (Å²) in [5, 5.41) is 0. The van der Waals surface area contributed by atoms with Crippen molar-refractivity contribution >= 4 is 11.7 Å². The fourth-order valence-corrected chi connectivity index (χ4v) is 2.43. The highest BCUT2D eigenvalue weighted by Gasteiger charge is 2.28. The lowest BCUT2D eigenvalue weighted by Gasteiger charge is -2.30. The number of para-hydroxylation sites is 2. The Kier molecular flexibility index (Phi) is 4.66. The summed E-state index contributed by atoms with van der Waals surface area (Å²) in [6, 6.07) is 7.64. The van der Waals surface area contributed by atoms with Crippen LogP contribution in [0.3, 0.4) is 0 Å². The third-order valence-electron chi connectivity index (χ3n) is 3.30. The van der Waals surface area contributed by atoms with Gasteiger partial charge in [-0.15, -0.1) is 0 Å². The Bertz CT molecular complexity index is 433. The van der Waals surface area contributed by atoms with Crippen LogP contribution in [0, 0.1) is 0 Å². The average molecular weight is 263 g/mol. The lowest BCUT2D eigenvalue weighted by atomic mass is 10.1. The Morgan fingerprint density at radius 3 is 2.95 bits per heavy atom. The first-order valence-corrected chi connectivity index (χ1v) is 6.93. The highest BCUT2D eigenvalue weighted by atomic mass is 16.5. The quantitative estimate of drug-likeness (QED) is 0.783. The molecule has 0 radical (unpaired) electrons. The molecular formula is C15H21NO3. The molecule has 0 saturated heterocycles. The number of hydrogen-bond acceptors (Lipinski definition) is 4. The van der Waals surface area contributed by atoms with Crippen LogP contribution < -0.4 is 9.64 Å². The van der Waals surface area contributed by atoms with Gasteiger partial charge in [-0.1, -0.05) is 19.1 Å². The van der Waals surface area contributed by atoms with Crippen LogP contribution in [-0.4, -0.2) is 31.8 Å². The van der Waals surface area contributed by atoms with Crippen LogP contribution in [0.4, 0.5) is 5.69 Å². The largest absolute Gasteiger partial charge is 0.491 e. The van der Waals surface area contributed by atoms with E-state index in [9.17, 15) is 4.79 Å². The van der Waals surface area contributed by atoms with Crippen molar-refractivity contribution in [1.29, 1.82) is 0 Å². The van der Waals surface area contributed by atoms with Gasteiger partial charge < -0.3 is 14.4 Å². The first-order chi connectivity index (χ1) is 9.27. The predicted octanol–water partition coefficient (Wildman–Crippen LogP) is 2.62. The number of carbonyl (C=O) groups excluding carboxylic acids is 1. The number of fused-ring (bicyclic) bond motifs is 1. The Labute approximate surface area is 114 Å². The van der Waals surface area contributed by atoms with E-state index in [1.807, 2.05) is 38.1 Å². The summed E-state index contributed by atoms with van der Waals surface area (Å²) < 4.78 is 10.9. The second-order valence-electron chi connectivity index (χ2n) is 4.54. The third-order valence-corrected chi connectivity index (χ3v) is 3.30. The topological polar surface area (TPSA) is 38.8 Å². The molecule has 1 aliphatic rings. The number of benzene rings is 1. The first-order valence-electron chi connectivity index (χ1n) is 6.93. The SMILES string of the molecule is CCOC(=O)C(CC)N1CCCOc2ccccc21. The Balaban J connectivity index is 2.29. The zero-order valence-electron chi connectivity index (χ0n) is 11.6. The van der Waals surface area contributed by atoms with Crippen molar-refractivity contribution in [1.82, 2.24) is 0 Å². The number of carbonyl (C=O) groups is 1. The predicted molar refractivity (Wildman–Crippen MR) is 74.6 cm³/mol. The van der Waals surface area contributed by atoms with E-state index in [1.165, 1.54) is 0 Å². The lowest BCUT2D eigenvalue weighted by Crippen LogP contribution is -2.42. The molecule has 0 bridgehead atoms. The molecule has 1 aromatic rings. The van der Waals surface area contributed by atoms with E-state index >= 15 is 0 Å². The molecule has 2 rings (SSSR count). The van der Waals surface area contributed by atoms with E-state index in [1.54, 1.807) is 0 Å². The van der Waals surface area contributed by atoms with E-state index in [0.29, 0.717) is 13.2 Å². The minimum atomic E-state index is -0.234. The molecule has 0 fully saturated rings. The van der Waals surface area contributed by atoms with Crippen LogP contribution in [0.2, 0.25) is 0 Å². The summed E-state index contributed by atoms with van der Waals surface area (Å²) in [6.45, 7) is 5.77. The smallest absolute Gasteiger partial charge is 0.328 e. The fraction of sp³-hybridized carbons (Fsp3) is 0.533. The van der Waals surface area contributed by atoms with Crippen LogP contribution >= 0.6 is 0 Å². The second kappa shape index (κ2) is 6.45.